The third-order valence-electron chi connectivity index (χ3n) is 2.68. The minimum atomic E-state index is 0.343. The second-order valence-electron chi connectivity index (χ2n) is 3.92. The van der Waals surface area contributed by atoms with E-state index in [1.165, 1.54) is 24.0 Å². The van der Waals surface area contributed by atoms with Gasteiger partial charge in [-0.05, 0) is 32.3 Å². The van der Waals surface area contributed by atoms with Crippen LogP contribution in [-0.4, -0.2) is 6.10 Å². The van der Waals surface area contributed by atoms with E-state index in [0.29, 0.717) is 12.2 Å². The summed E-state index contributed by atoms with van der Waals surface area (Å²) in [5.74, 6) is 0. The molecule has 0 spiro atoms. The van der Waals surface area contributed by atoms with Crippen molar-refractivity contribution in [2.75, 3.05) is 0 Å². The fourth-order valence-electron chi connectivity index (χ4n) is 1.83. The van der Waals surface area contributed by atoms with E-state index in [9.17, 15) is 0 Å². The first-order chi connectivity index (χ1) is 6.25. The van der Waals surface area contributed by atoms with Gasteiger partial charge in [-0.3, -0.25) is 0 Å². The first-order valence-corrected chi connectivity index (χ1v) is 4.98. The molecule has 1 saturated heterocycles. The van der Waals surface area contributed by atoms with Gasteiger partial charge in [0.05, 0.1) is 12.2 Å². The Morgan fingerprint density at radius 1 is 1.15 bits per heavy atom. The van der Waals surface area contributed by atoms with Gasteiger partial charge in [0.25, 0.3) is 0 Å². The fraction of sp³-hybridized carbons (Fsp3) is 0.500. The first-order valence-electron chi connectivity index (χ1n) is 4.98. The molecule has 1 fully saturated rings. The summed E-state index contributed by atoms with van der Waals surface area (Å²) in [5.41, 5.74) is 2.64. The van der Waals surface area contributed by atoms with Gasteiger partial charge >= 0.3 is 0 Å². The van der Waals surface area contributed by atoms with Crippen molar-refractivity contribution < 1.29 is 4.74 Å². The van der Waals surface area contributed by atoms with Crippen LogP contribution in [0, 0.1) is 6.92 Å². The minimum Gasteiger partial charge on any atom is -0.371 e. The SMILES string of the molecule is Cc1ccc([C@@H]2CC[C@H](C)O2)cc1. The second kappa shape index (κ2) is 3.51. The summed E-state index contributed by atoms with van der Waals surface area (Å²) in [6, 6.07) is 8.67. The lowest BCUT2D eigenvalue weighted by atomic mass is 10.1. The normalized spacial score (nSPS) is 27.8. The highest BCUT2D eigenvalue weighted by atomic mass is 16.5. The highest BCUT2D eigenvalue weighted by Gasteiger charge is 2.22. The average Bonchev–Trinajstić information content (AvgIpc) is 2.53. The maximum Gasteiger partial charge on any atom is 0.0829 e. The molecular weight excluding hydrogens is 160 g/mol. The lowest BCUT2D eigenvalue weighted by molar-refractivity contribution is 0.0555. The van der Waals surface area contributed by atoms with E-state index >= 15 is 0 Å². The summed E-state index contributed by atoms with van der Waals surface area (Å²) in [4.78, 5) is 0. The highest BCUT2D eigenvalue weighted by Crippen LogP contribution is 2.32. The average molecular weight is 176 g/mol. The summed E-state index contributed by atoms with van der Waals surface area (Å²) in [6.07, 6.45) is 3.14. The Bertz CT molecular complexity index is 276. The van der Waals surface area contributed by atoms with Gasteiger partial charge in [-0.15, -0.1) is 0 Å². The molecule has 0 aromatic heterocycles. The van der Waals surface area contributed by atoms with Gasteiger partial charge in [0.1, 0.15) is 0 Å². The molecule has 1 heterocycles. The van der Waals surface area contributed by atoms with Gasteiger partial charge in [-0.25, -0.2) is 0 Å². The van der Waals surface area contributed by atoms with Crippen LogP contribution < -0.4 is 0 Å². The van der Waals surface area contributed by atoms with Crippen LogP contribution >= 0.6 is 0 Å². The predicted molar refractivity (Wildman–Crippen MR) is 53.7 cm³/mol. The summed E-state index contributed by atoms with van der Waals surface area (Å²) in [7, 11) is 0. The van der Waals surface area contributed by atoms with Crippen LogP contribution in [0.3, 0.4) is 0 Å². The standard InChI is InChI=1S/C12H16O/c1-9-3-6-11(7-4-9)12-8-5-10(2)13-12/h3-4,6-7,10,12H,5,8H2,1-2H3/t10-,12-/m0/s1. The zero-order valence-corrected chi connectivity index (χ0v) is 8.29. The van der Waals surface area contributed by atoms with Crippen molar-refractivity contribution in [3.8, 4) is 0 Å². The molecule has 0 amide bonds. The Morgan fingerprint density at radius 3 is 2.38 bits per heavy atom. The van der Waals surface area contributed by atoms with Crippen LogP contribution in [0.5, 0.6) is 0 Å². The van der Waals surface area contributed by atoms with E-state index in [1.807, 2.05) is 0 Å². The maximum absolute atomic E-state index is 5.79. The molecule has 0 N–H and O–H groups in total. The number of hydrogen-bond donors (Lipinski definition) is 0. The van der Waals surface area contributed by atoms with Gasteiger partial charge in [0, 0.05) is 0 Å². The summed E-state index contributed by atoms with van der Waals surface area (Å²) in [6.45, 7) is 4.26. The Hall–Kier alpha value is -0.820. The Morgan fingerprint density at radius 2 is 1.85 bits per heavy atom. The van der Waals surface area contributed by atoms with Crippen LogP contribution in [0.2, 0.25) is 0 Å². The van der Waals surface area contributed by atoms with Crippen molar-refractivity contribution in [3.05, 3.63) is 35.4 Å². The molecule has 13 heavy (non-hydrogen) atoms. The molecule has 1 nitrogen and oxygen atoms in total. The van der Waals surface area contributed by atoms with Crippen molar-refractivity contribution in [3.63, 3.8) is 0 Å². The van der Waals surface area contributed by atoms with Gasteiger partial charge in [-0.2, -0.15) is 0 Å². The monoisotopic (exact) mass is 176 g/mol. The van der Waals surface area contributed by atoms with Gasteiger partial charge in [-0.1, -0.05) is 29.8 Å². The van der Waals surface area contributed by atoms with Crippen LogP contribution in [0.1, 0.15) is 37.0 Å². The van der Waals surface area contributed by atoms with Crippen LogP contribution in [0.25, 0.3) is 0 Å². The van der Waals surface area contributed by atoms with Gasteiger partial charge in [0.15, 0.2) is 0 Å². The summed E-state index contributed by atoms with van der Waals surface area (Å²) >= 11 is 0. The molecule has 0 unspecified atom stereocenters. The molecule has 70 valence electrons. The molecule has 1 aliphatic rings. The van der Waals surface area contributed by atoms with Crippen molar-refractivity contribution in [2.24, 2.45) is 0 Å². The number of aryl methyl sites for hydroxylation is 1. The number of hydrogen-bond acceptors (Lipinski definition) is 1. The molecule has 0 radical (unpaired) electrons. The molecule has 0 saturated carbocycles. The van der Waals surface area contributed by atoms with E-state index in [2.05, 4.69) is 38.1 Å². The molecule has 0 aliphatic carbocycles. The second-order valence-corrected chi connectivity index (χ2v) is 3.92. The zero-order valence-electron chi connectivity index (χ0n) is 8.29. The largest absolute Gasteiger partial charge is 0.371 e. The zero-order chi connectivity index (χ0) is 9.26. The number of rotatable bonds is 1. The molecule has 1 aromatic rings. The Labute approximate surface area is 79.7 Å². The smallest absolute Gasteiger partial charge is 0.0829 e. The Balaban J connectivity index is 2.13. The number of benzene rings is 1. The highest BCUT2D eigenvalue weighted by molar-refractivity contribution is 5.23. The predicted octanol–water partition coefficient (Wildman–Crippen LogP) is 3.24. The minimum absolute atomic E-state index is 0.343. The third kappa shape index (κ3) is 1.92. The summed E-state index contributed by atoms with van der Waals surface area (Å²) < 4.78 is 5.79. The first kappa shape index (κ1) is 8.76. The van der Waals surface area contributed by atoms with E-state index in [1.54, 1.807) is 0 Å². The van der Waals surface area contributed by atoms with Crippen molar-refractivity contribution in [2.45, 2.75) is 38.9 Å². The third-order valence-corrected chi connectivity index (χ3v) is 2.68. The maximum atomic E-state index is 5.79. The quantitative estimate of drug-likeness (QED) is 0.638. The molecule has 2 atom stereocenters. The van der Waals surface area contributed by atoms with E-state index in [0.717, 1.165) is 0 Å². The van der Waals surface area contributed by atoms with Crippen molar-refractivity contribution in [1.82, 2.24) is 0 Å². The van der Waals surface area contributed by atoms with Crippen LogP contribution in [0.15, 0.2) is 24.3 Å². The van der Waals surface area contributed by atoms with E-state index in [4.69, 9.17) is 4.74 Å². The molecule has 2 rings (SSSR count). The molecule has 1 heteroatoms. The van der Waals surface area contributed by atoms with Crippen molar-refractivity contribution >= 4 is 0 Å². The van der Waals surface area contributed by atoms with Gasteiger partial charge in [0.2, 0.25) is 0 Å². The lowest BCUT2D eigenvalue weighted by Gasteiger charge is -2.11. The van der Waals surface area contributed by atoms with Gasteiger partial charge < -0.3 is 4.74 Å². The molecule has 1 aromatic carbocycles. The van der Waals surface area contributed by atoms with E-state index < -0.39 is 0 Å². The molecular formula is C12H16O. The van der Waals surface area contributed by atoms with Crippen LogP contribution in [-0.2, 0) is 4.74 Å². The fourth-order valence-corrected chi connectivity index (χ4v) is 1.83. The molecule has 0 bridgehead atoms. The van der Waals surface area contributed by atoms with E-state index in [-0.39, 0.29) is 0 Å². The Kier molecular flexibility index (Phi) is 2.36. The lowest BCUT2D eigenvalue weighted by Crippen LogP contribution is -2.00. The van der Waals surface area contributed by atoms with Crippen LogP contribution in [0.4, 0.5) is 0 Å². The molecule has 1 aliphatic heterocycles. The number of ether oxygens (including phenoxy) is 1. The van der Waals surface area contributed by atoms with Crippen molar-refractivity contribution in [1.29, 1.82) is 0 Å². The summed E-state index contributed by atoms with van der Waals surface area (Å²) in [5, 5.41) is 0. The topological polar surface area (TPSA) is 9.23 Å².